The summed E-state index contributed by atoms with van der Waals surface area (Å²) < 4.78 is 0. The lowest BCUT2D eigenvalue weighted by molar-refractivity contribution is -0.380. The van der Waals surface area contributed by atoms with Gasteiger partial charge >= 0.3 is 5.00 Å². The Bertz CT molecular complexity index is 563. The van der Waals surface area contributed by atoms with Gasteiger partial charge in [-0.2, -0.15) is 0 Å². The molecule has 18 heavy (non-hydrogen) atoms. The van der Waals surface area contributed by atoms with E-state index in [1.165, 1.54) is 17.0 Å². The molecular formula is C10H10N4O3S. The zero-order valence-electron chi connectivity index (χ0n) is 9.49. The molecule has 0 aliphatic rings. The fourth-order valence-electron chi connectivity index (χ4n) is 1.41. The predicted molar refractivity (Wildman–Crippen MR) is 65.4 cm³/mol. The first kappa shape index (κ1) is 12.2. The summed E-state index contributed by atoms with van der Waals surface area (Å²) in [5.41, 5.74) is 0. The molecule has 0 saturated heterocycles. The fraction of sp³-hybridized carbons (Fsp3) is 0.200. The molecule has 0 saturated carbocycles. The van der Waals surface area contributed by atoms with Gasteiger partial charge < -0.3 is 9.88 Å². The first-order chi connectivity index (χ1) is 8.58. The molecule has 0 atom stereocenters. The average Bonchev–Trinajstić information content (AvgIpc) is 2.98. The summed E-state index contributed by atoms with van der Waals surface area (Å²) in [5.74, 6) is 0.404. The Balaban J connectivity index is 2.08. The smallest absolute Gasteiger partial charge is 0.324 e. The maximum Gasteiger partial charge on any atom is 0.324 e. The molecule has 0 aliphatic carbocycles. The highest BCUT2D eigenvalue weighted by atomic mass is 32.1. The Morgan fingerprint density at radius 1 is 1.61 bits per heavy atom. The summed E-state index contributed by atoms with van der Waals surface area (Å²) in [6.07, 6.45) is 3.27. The number of nitrogens with one attached hydrogen (secondary N) is 1. The molecule has 0 fully saturated rings. The second-order valence-corrected chi connectivity index (χ2v) is 4.65. The van der Waals surface area contributed by atoms with Crippen molar-refractivity contribution in [1.29, 1.82) is 0 Å². The lowest BCUT2D eigenvalue weighted by Gasteiger charge is -2.14. The summed E-state index contributed by atoms with van der Waals surface area (Å²) in [6, 6.07) is 2.79. The van der Waals surface area contributed by atoms with Crippen LogP contribution in [0.3, 0.4) is 0 Å². The Hall–Kier alpha value is -2.22. The van der Waals surface area contributed by atoms with Crippen molar-refractivity contribution >= 4 is 22.2 Å². The van der Waals surface area contributed by atoms with Gasteiger partial charge in [-0.25, -0.2) is 4.98 Å². The summed E-state index contributed by atoms with van der Waals surface area (Å²) in [7, 11) is 1.62. The van der Waals surface area contributed by atoms with Gasteiger partial charge in [0.1, 0.15) is 5.82 Å². The first-order valence-corrected chi connectivity index (χ1v) is 5.87. The van der Waals surface area contributed by atoms with Gasteiger partial charge in [0, 0.05) is 25.5 Å². The highest BCUT2D eigenvalue weighted by Gasteiger charge is 2.18. The van der Waals surface area contributed by atoms with E-state index in [2.05, 4.69) is 9.97 Å². The van der Waals surface area contributed by atoms with Crippen molar-refractivity contribution < 1.29 is 9.72 Å². The summed E-state index contributed by atoms with van der Waals surface area (Å²) in [5, 5.41) is 10.5. The molecule has 0 aliphatic heterocycles. The highest BCUT2D eigenvalue weighted by Crippen LogP contribution is 2.24. The van der Waals surface area contributed by atoms with Crippen LogP contribution in [0.25, 0.3) is 0 Å². The van der Waals surface area contributed by atoms with Crippen LogP contribution in [-0.4, -0.2) is 32.7 Å². The van der Waals surface area contributed by atoms with E-state index in [1.54, 1.807) is 19.4 Å². The highest BCUT2D eigenvalue weighted by molar-refractivity contribution is 7.17. The third-order valence-electron chi connectivity index (χ3n) is 2.27. The number of aromatic amines is 1. The van der Waals surface area contributed by atoms with Crippen LogP contribution in [0.1, 0.15) is 15.5 Å². The van der Waals surface area contributed by atoms with Crippen molar-refractivity contribution in [2.24, 2.45) is 0 Å². The number of aromatic nitrogens is 2. The van der Waals surface area contributed by atoms with Crippen LogP contribution < -0.4 is 0 Å². The molecule has 0 unspecified atom stereocenters. The maximum atomic E-state index is 12.0. The molecule has 8 heteroatoms. The average molecular weight is 266 g/mol. The number of imidazole rings is 1. The van der Waals surface area contributed by atoms with Gasteiger partial charge in [-0.3, -0.25) is 14.9 Å². The largest absolute Gasteiger partial charge is 0.347 e. The lowest BCUT2D eigenvalue weighted by Crippen LogP contribution is -2.25. The molecule has 2 aromatic rings. The molecule has 2 heterocycles. The normalized spacial score (nSPS) is 10.3. The Morgan fingerprint density at radius 2 is 2.39 bits per heavy atom. The zero-order chi connectivity index (χ0) is 13.1. The van der Waals surface area contributed by atoms with Gasteiger partial charge in [0.25, 0.3) is 5.91 Å². The Labute approximate surface area is 106 Å². The second-order valence-electron chi connectivity index (χ2n) is 3.59. The minimum absolute atomic E-state index is 0.0373. The van der Waals surface area contributed by atoms with Gasteiger partial charge in [0.15, 0.2) is 0 Å². The number of nitrogens with zero attached hydrogens (tertiary/aromatic N) is 3. The van der Waals surface area contributed by atoms with Crippen LogP contribution >= 0.6 is 11.3 Å². The number of amides is 1. The van der Waals surface area contributed by atoms with E-state index in [-0.39, 0.29) is 10.9 Å². The van der Waals surface area contributed by atoms with Crippen LogP contribution in [-0.2, 0) is 6.54 Å². The first-order valence-electron chi connectivity index (χ1n) is 5.06. The fourth-order valence-corrected chi connectivity index (χ4v) is 2.22. The minimum atomic E-state index is -0.506. The number of H-pyrrole nitrogens is 1. The van der Waals surface area contributed by atoms with Gasteiger partial charge in [-0.05, 0) is 6.07 Å². The Kier molecular flexibility index (Phi) is 3.38. The van der Waals surface area contributed by atoms with Gasteiger partial charge in [0.05, 0.1) is 16.3 Å². The quantitative estimate of drug-likeness (QED) is 0.672. The number of thiophene rings is 1. The molecule has 1 amide bonds. The summed E-state index contributed by atoms with van der Waals surface area (Å²) in [4.78, 5) is 30.7. The van der Waals surface area contributed by atoms with Crippen molar-refractivity contribution in [3.05, 3.63) is 45.3 Å². The number of rotatable bonds is 4. The SMILES string of the molecule is CN(Cc1ncc[nH]1)C(=O)c1ccc([N+](=O)[O-])s1. The number of carbonyl (C=O) groups is 1. The van der Waals surface area contributed by atoms with Crippen molar-refractivity contribution in [3.8, 4) is 0 Å². The van der Waals surface area contributed by atoms with Gasteiger partial charge in [-0.15, -0.1) is 0 Å². The molecule has 94 valence electrons. The third kappa shape index (κ3) is 2.54. The number of carbonyl (C=O) groups excluding carboxylic acids is 1. The second kappa shape index (κ2) is 4.96. The van der Waals surface area contributed by atoms with E-state index in [0.29, 0.717) is 17.2 Å². The van der Waals surface area contributed by atoms with Crippen LogP contribution in [0.5, 0.6) is 0 Å². The lowest BCUT2D eigenvalue weighted by atomic mass is 10.4. The molecule has 0 spiro atoms. The molecule has 0 radical (unpaired) electrons. The molecule has 0 aromatic carbocycles. The molecule has 2 aromatic heterocycles. The third-order valence-corrected chi connectivity index (χ3v) is 3.30. The van der Waals surface area contributed by atoms with Crippen molar-refractivity contribution in [3.63, 3.8) is 0 Å². The van der Waals surface area contributed by atoms with Gasteiger partial charge in [0.2, 0.25) is 0 Å². The van der Waals surface area contributed by atoms with Crippen molar-refractivity contribution in [1.82, 2.24) is 14.9 Å². The van der Waals surface area contributed by atoms with E-state index >= 15 is 0 Å². The standard InChI is InChI=1S/C10H10N4O3S/c1-13(6-8-11-4-5-12-8)10(15)7-2-3-9(18-7)14(16)17/h2-5H,6H2,1H3,(H,11,12). The minimum Gasteiger partial charge on any atom is -0.347 e. The van der Waals surface area contributed by atoms with Crippen LogP contribution in [0.15, 0.2) is 24.5 Å². The van der Waals surface area contributed by atoms with Crippen molar-refractivity contribution in [2.75, 3.05) is 7.05 Å². The maximum absolute atomic E-state index is 12.0. The molecule has 2 rings (SSSR count). The van der Waals surface area contributed by atoms with E-state index in [0.717, 1.165) is 11.3 Å². The van der Waals surface area contributed by atoms with E-state index in [4.69, 9.17) is 0 Å². The topological polar surface area (TPSA) is 92.1 Å². The van der Waals surface area contributed by atoms with Gasteiger partial charge in [-0.1, -0.05) is 11.3 Å². The van der Waals surface area contributed by atoms with E-state index < -0.39 is 4.92 Å². The zero-order valence-corrected chi connectivity index (χ0v) is 10.3. The van der Waals surface area contributed by atoms with Crippen LogP contribution in [0.4, 0.5) is 5.00 Å². The van der Waals surface area contributed by atoms with Crippen LogP contribution in [0, 0.1) is 10.1 Å². The van der Waals surface area contributed by atoms with E-state index in [1.807, 2.05) is 0 Å². The molecule has 7 nitrogen and oxygen atoms in total. The summed E-state index contributed by atoms with van der Waals surface area (Å²) in [6.45, 7) is 0.331. The Morgan fingerprint density at radius 3 is 2.94 bits per heavy atom. The van der Waals surface area contributed by atoms with E-state index in [9.17, 15) is 14.9 Å². The molecule has 0 bridgehead atoms. The molecular weight excluding hydrogens is 256 g/mol. The van der Waals surface area contributed by atoms with Crippen molar-refractivity contribution in [2.45, 2.75) is 6.54 Å². The number of hydrogen-bond donors (Lipinski definition) is 1. The monoisotopic (exact) mass is 266 g/mol. The predicted octanol–water partition coefficient (Wildman–Crippen LogP) is 1.65. The summed E-state index contributed by atoms with van der Waals surface area (Å²) >= 11 is 0.869. The molecule has 1 N–H and O–H groups in total. The number of hydrogen-bond acceptors (Lipinski definition) is 5. The number of nitro groups is 1. The van der Waals surface area contributed by atoms with Crippen LogP contribution in [0.2, 0.25) is 0 Å².